The first kappa shape index (κ1) is 53.9. The van der Waals surface area contributed by atoms with Crippen LogP contribution in [0.3, 0.4) is 0 Å². The topological polar surface area (TPSA) is 169 Å². The highest BCUT2D eigenvalue weighted by atomic mass is 31.2. The van der Waals surface area contributed by atoms with E-state index in [9.17, 15) is 29.3 Å². The molecular weight excluding hydrogens is 735 g/mol. The molecule has 11 nitrogen and oxygen atoms in total. The van der Waals surface area contributed by atoms with Gasteiger partial charge in [-0.25, -0.2) is 4.57 Å². The van der Waals surface area contributed by atoms with Crippen molar-refractivity contribution in [1.82, 2.24) is 0 Å². The lowest BCUT2D eigenvalue weighted by atomic mass is 10.0. The third kappa shape index (κ3) is 40.1. The number of ether oxygens (including phenoxy) is 2. The number of carbonyl (C=O) groups is 2. The maximum Gasteiger partial charge on any atom is 0.472 e. The number of allylic oxidation sites excluding steroid dienone is 8. The molecule has 0 heterocycles. The van der Waals surface area contributed by atoms with Gasteiger partial charge in [-0.15, -0.1) is 0 Å². The molecule has 0 saturated heterocycles. The first-order valence-electron chi connectivity index (χ1n) is 21.5. The van der Waals surface area contributed by atoms with Gasteiger partial charge in [0.2, 0.25) is 0 Å². The summed E-state index contributed by atoms with van der Waals surface area (Å²) in [5, 5.41) is 27.6. The predicted octanol–water partition coefficient (Wildman–Crippen LogP) is 10.2. The summed E-state index contributed by atoms with van der Waals surface area (Å²) in [6.07, 6.45) is 36.5. The Kier molecular flexibility index (Phi) is 37.0. The van der Waals surface area contributed by atoms with E-state index in [4.69, 9.17) is 19.1 Å². The van der Waals surface area contributed by atoms with Crippen LogP contribution in [0.1, 0.15) is 168 Å². The summed E-state index contributed by atoms with van der Waals surface area (Å²) in [5.41, 5.74) is 0. The number of phosphoric acid groups is 1. The Balaban J connectivity index is 4.39. The number of hydrogen-bond donors (Lipinski definition) is 4. The minimum absolute atomic E-state index is 0.153. The van der Waals surface area contributed by atoms with Crippen LogP contribution in [0.25, 0.3) is 0 Å². The molecule has 0 aromatic carbocycles. The second kappa shape index (κ2) is 38.4. The fraction of sp³-hybridized carbons (Fsp3) is 0.773. The molecule has 0 radical (unpaired) electrons. The van der Waals surface area contributed by atoms with Gasteiger partial charge in [0.1, 0.15) is 12.7 Å². The van der Waals surface area contributed by atoms with Gasteiger partial charge in [-0.2, -0.15) is 0 Å². The Morgan fingerprint density at radius 2 is 1.04 bits per heavy atom. The van der Waals surface area contributed by atoms with Gasteiger partial charge in [0.25, 0.3) is 0 Å². The lowest BCUT2D eigenvalue weighted by Crippen LogP contribution is -2.29. The van der Waals surface area contributed by atoms with Gasteiger partial charge in [0.05, 0.1) is 25.9 Å². The molecule has 0 bridgehead atoms. The summed E-state index contributed by atoms with van der Waals surface area (Å²) in [6.45, 7) is 4.18. The van der Waals surface area contributed by atoms with E-state index in [0.717, 1.165) is 63.7 Å². The fourth-order valence-corrected chi connectivity index (χ4v) is 6.39. The maximum absolute atomic E-state index is 12.6. The van der Waals surface area contributed by atoms with E-state index in [-0.39, 0.29) is 25.6 Å². The summed E-state index contributed by atoms with van der Waals surface area (Å²) in [6, 6.07) is 0. The highest BCUT2D eigenvalue weighted by Gasteiger charge is 2.27. The van der Waals surface area contributed by atoms with E-state index >= 15 is 0 Å². The average molecular weight is 815 g/mol. The van der Waals surface area contributed by atoms with Crippen molar-refractivity contribution in [1.29, 1.82) is 0 Å². The van der Waals surface area contributed by atoms with Gasteiger partial charge in [-0.1, -0.05) is 140 Å². The quantitative estimate of drug-likeness (QED) is 0.0202. The first-order chi connectivity index (χ1) is 26.9. The Hall–Kier alpha value is -2.11. The number of hydrogen-bond acceptors (Lipinski definition) is 10. The van der Waals surface area contributed by atoms with Crippen LogP contribution in [0.4, 0.5) is 0 Å². The molecule has 326 valence electrons. The Morgan fingerprint density at radius 1 is 0.571 bits per heavy atom. The highest BCUT2D eigenvalue weighted by molar-refractivity contribution is 7.47. The van der Waals surface area contributed by atoms with E-state index in [1.807, 2.05) is 19.1 Å². The predicted molar refractivity (Wildman–Crippen MR) is 225 cm³/mol. The van der Waals surface area contributed by atoms with Crippen molar-refractivity contribution in [2.75, 3.05) is 26.4 Å². The normalized spacial score (nSPS) is 15.0. The number of carbonyl (C=O) groups excluding carboxylic acids is 2. The van der Waals surface area contributed by atoms with Gasteiger partial charge in [-0.3, -0.25) is 18.6 Å². The zero-order chi connectivity index (χ0) is 41.5. The van der Waals surface area contributed by atoms with Crippen molar-refractivity contribution in [3.63, 3.8) is 0 Å². The van der Waals surface area contributed by atoms with Crippen LogP contribution >= 0.6 is 7.82 Å². The van der Waals surface area contributed by atoms with Gasteiger partial charge < -0.3 is 29.7 Å². The van der Waals surface area contributed by atoms with E-state index in [1.54, 1.807) is 0 Å². The SMILES string of the molecule is CC(C)CCCCCCCCCCCCCCC(=O)O[C@H](COC(=O)CCC/C=C\C/C=C\C/C=C\C/C=C\CCC[C@@H](C)O)COP(=O)(O)OC[C@@H](O)CO. The van der Waals surface area contributed by atoms with Crippen molar-refractivity contribution in [2.45, 2.75) is 187 Å². The lowest BCUT2D eigenvalue weighted by molar-refractivity contribution is -0.161. The second-order valence-electron chi connectivity index (χ2n) is 15.1. The molecule has 0 aliphatic rings. The molecule has 1 unspecified atom stereocenters. The zero-order valence-electron chi connectivity index (χ0n) is 35.1. The monoisotopic (exact) mass is 815 g/mol. The number of unbranched alkanes of at least 4 members (excludes halogenated alkanes) is 13. The molecule has 0 saturated carbocycles. The highest BCUT2D eigenvalue weighted by Crippen LogP contribution is 2.43. The second-order valence-corrected chi connectivity index (χ2v) is 16.6. The molecule has 0 rings (SSSR count). The largest absolute Gasteiger partial charge is 0.472 e. The molecule has 0 spiro atoms. The van der Waals surface area contributed by atoms with Gasteiger partial charge in [0, 0.05) is 12.8 Å². The Labute approximate surface area is 339 Å². The molecule has 0 aliphatic carbocycles. The summed E-state index contributed by atoms with van der Waals surface area (Å²) in [4.78, 5) is 34.9. The molecular formula is C44H79O11P. The molecule has 4 N–H and O–H groups in total. The van der Waals surface area contributed by atoms with Crippen molar-refractivity contribution >= 4 is 19.8 Å². The molecule has 0 fully saturated rings. The van der Waals surface area contributed by atoms with Crippen LogP contribution in [0.15, 0.2) is 48.6 Å². The fourth-order valence-electron chi connectivity index (χ4n) is 5.60. The molecule has 0 aliphatic heterocycles. The number of rotatable bonds is 39. The van der Waals surface area contributed by atoms with Crippen LogP contribution in [0.2, 0.25) is 0 Å². The smallest absolute Gasteiger partial charge is 0.462 e. The zero-order valence-corrected chi connectivity index (χ0v) is 36.0. The Morgan fingerprint density at radius 3 is 1.55 bits per heavy atom. The van der Waals surface area contributed by atoms with Crippen LogP contribution in [-0.4, -0.2) is 76.9 Å². The molecule has 0 amide bonds. The lowest BCUT2D eigenvalue weighted by Gasteiger charge is -2.20. The minimum atomic E-state index is -4.64. The number of phosphoric ester groups is 1. The summed E-state index contributed by atoms with van der Waals surface area (Å²) >= 11 is 0. The van der Waals surface area contributed by atoms with Crippen LogP contribution in [0, 0.1) is 5.92 Å². The van der Waals surface area contributed by atoms with E-state index in [1.165, 1.54) is 57.8 Å². The van der Waals surface area contributed by atoms with E-state index in [2.05, 4.69) is 54.8 Å². The summed E-state index contributed by atoms with van der Waals surface area (Å²) in [7, 11) is -4.64. The van der Waals surface area contributed by atoms with Gasteiger partial charge in [-0.05, 0) is 70.6 Å². The average Bonchev–Trinajstić information content (AvgIpc) is 3.16. The van der Waals surface area contributed by atoms with Crippen LogP contribution in [0.5, 0.6) is 0 Å². The van der Waals surface area contributed by atoms with Crippen molar-refractivity contribution in [3.05, 3.63) is 48.6 Å². The first-order valence-corrected chi connectivity index (χ1v) is 23.0. The molecule has 4 atom stereocenters. The third-order valence-corrected chi connectivity index (χ3v) is 9.88. The molecule has 0 aromatic rings. The van der Waals surface area contributed by atoms with Crippen LogP contribution in [-0.2, 0) is 32.7 Å². The van der Waals surface area contributed by atoms with Crippen molar-refractivity contribution in [2.24, 2.45) is 5.92 Å². The van der Waals surface area contributed by atoms with E-state index < -0.39 is 51.8 Å². The van der Waals surface area contributed by atoms with E-state index in [0.29, 0.717) is 19.3 Å². The number of aliphatic hydroxyl groups excluding tert-OH is 3. The van der Waals surface area contributed by atoms with Crippen molar-refractivity contribution < 1.29 is 52.9 Å². The van der Waals surface area contributed by atoms with Crippen molar-refractivity contribution in [3.8, 4) is 0 Å². The van der Waals surface area contributed by atoms with Gasteiger partial charge in [0.15, 0.2) is 6.10 Å². The molecule has 56 heavy (non-hydrogen) atoms. The summed E-state index contributed by atoms with van der Waals surface area (Å²) < 4.78 is 32.6. The Bertz CT molecular complexity index is 1100. The standard InChI is InChI=1S/C44H79O11P/c1-39(2)31-27-23-19-15-11-9-10-14-18-22-26-30-34-44(49)55-42(38-54-56(50,51)53-36-41(47)35-45)37-52-43(48)33-29-25-21-17-13-8-6-4-5-7-12-16-20-24-28-32-40(3)46/h5-8,16-17,20-21,39-42,45-47H,4,9-15,18-19,22-38H2,1-3H3,(H,50,51)/b7-5-,8-6-,20-16-,21-17-/t40-,41+,42-/m1/s1. The molecule has 12 heteroatoms. The number of esters is 2. The van der Waals surface area contributed by atoms with Gasteiger partial charge >= 0.3 is 19.8 Å². The third-order valence-electron chi connectivity index (χ3n) is 8.93. The minimum Gasteiger partial charge on any atom is -0.462 e. The van der Waals surface area contributed by atoms with Crippen LogP contribution < -0.4 is 0 Å². The summed E-state index contributed by atoms with van der Waals surface area (Å²) in [5.74, 6) is -0.207. The maximum atomic E-state index is 12.6. The number of aliphatic hydroxyl groups is 3. The molecule has 0 aromatic heterocycles.